The molecule has 0 fully saturated rings. The van der Waals surface area contributed by atoms with Crippen LogP contribution in [0, 0.1) is 6.92 Å². The predicted octanol–water partition coefficient (Wildman–Crippen LogP) is -0.618. The zero-order valence-corrected chi connectivity index (χ0v) is 7.05. The van der Waals surface area contributed by atoms with Crippen molar-refractivity contribution in [3.05, 3.63) is 16.0 Å². The maximum Gasteiger partial charge on any atom is 0.294 e. The number of aryl methyl sites for hydroxylation is 1. The number of aromatic nitrogens is 3. The molecule has 0 unspecified atom stereocenters. The van der Waals surface area contributed by atoms with E-state index in [-0.39, 0.29) is 5.56 Å². The van der Waals surface area contributed by atoms with Crippen LogP contribution in [-0.2, 0) is 0 Å². The van der Waals surface area contributed by atoms with Crippen molar-refractivity contribution >= 4 is 11.8 Å². The lowest BCUT2D eigenvalue weighted by molar-refractivity contribution is 0.683. The third kappa shape index (κ3) is 1.35. The first-order valence-electron chi connectivity index (χ1n) is 2.92. The van der Waals surface area contributed by atoms with Gasteiger partial charge in [-0.1, -0.05) is 11.8 Å². The van der Waals surface area contributed by atoms with Crippen molar-refractivity contribution in [1.29, 1.82) is 0 Å². The van der Waals surface area contributed by atoms with Gasteiger partial charge in [-0.25, -0.2) is 0 Å². The second-order valence-corrected chi connectivity index (χ2v) is 2.72. The molecule has 1 aromatic rings. The van der Waals surface area contributed by atoms with Gasteiger partial charge in [0, 0.05) is 0 Å². The Kier molecular flexibility index (Phi) is 2.13. The predicted molar refractivity (Wildman–Crippen MR) is 43.0 cm³/mol. The average Bonchev–Trinajstić information content (AvgIpc) is 2.01. The van der Waals surface area contributed by atoms with Crippen molar-refractivity contribution < 1.29 is 0 Å². The van der Waals surface area contributed by atoms with Crippen LogP contribution in [0.2, 0.25) is 0 Å². The summed E-state index contributed by atoms with van der Waals surface area (Å²) in [6.07, 6.45) is 1.78. The van der Waals surface area contributed by atoms with Crippen molar-refractivity contribution in [2.24, 2.45) is 0 Å². The van der Waals surface area contributed by atoms with E-state index < -0.39 is 0 Å². The summed E-state index contributed by atoms with van der Waals surface area (Å²) < 4.78 is 0.993. The van der Waals surface area contributed by atoms with Crippen molar-refractivity contribution in [2.75, 3.05) is 12.1 Å². The number of nitrogens with zero attached hydrogens (tertiary/aromatic N) is 3. The van der Waals surface area contributed by atoms with Gasteiger partial charge >= 0.3 is 0 Å². The lowest BCUT2D eigenvalue weighted by atomic mass is 10.5. The van der Waals surface area contributed by atoms with Crippen LogP contribution in [0.5, 0.6) is 0 Å². The number of hydrogen-bond donors (Lipinski definition) is 1. The Morgan fingerprint density at radius 1 is 1.55 bits per heavy atom. The summed E-state index contributed by atoms with van der Waals surface area (Å²) in [5.41, 5.74) is 0.00894. The molecule has 2 N–H and O–H groups in total. The molecule has 0 bridgehead atoms. The summed E-state index contributed by atoms with van der Waals surface area (Å²) in [6, 6.07) is 0. The van der Waals surface area contributed by atoms with E-state index in [0.29, 0.717) is 10.9 Å². The van der Waals surface area contributed by atoms with Crippen LogP contribution in [-0.4, -0.2) is 21.1 Å². The Balaban J connectivity index is 3.37. The van der Waals surface area contributed by atoms with Crippen molar-refractivity contribution in [3.63, 3.8) is 0 Å². The summed E-state index contributed by atoms with van der Waals surface area (Å²) in [5, 5.41) is 7.75. The van der Waals surface area contributed by atoms with Crippen LogP contribution < -0.4 is 11.4 Å². The quantitative estimate of drug-likeness (QED) is 0.451. The summed E-state index contributed by atoms with van der Waals surface area (Å²) in [6.45, 7) is 1.57. The third-order valence-electron chi connectivity index (χ3n) is 1.20. The van der Waals surface area contributed by atoms with Crippen molar-refractivity contribution in [3.8, 4) is 0 Å². The maximum atomic E-state index is 11.1. The van der Waals surface area contributed by atoms with E-state index in [9.17, 15) is 4.79 Å². The molecular weight excluding hydrogens is 164 g/mol. The number of rotatable bonds is 1. The van der Waals surface area contributed by atoms with Crippen LogP contribution in [0.3, 0.4) is 0 Å². The van der Waals surface area contributed by atoms with Crippen LogP contribution >= 0.6 is 11.8 Å². The lowest BCUT2D eigenvalue weighted by Crippen LogP contribution is -2.32. The molecule has 1 aromatic heterocycles. The monoisotopic (exact) mass is 172 g/mol. The Morgan fingerprint density at radius 3 is 2.73 bits per heavy atom. The first-order valence-corrected chi connectivity index (χ1v) is 4.14. The van der Waals surface area contributed by atoms with Gasteiger partial charge in [0.05, 0.1) is 0 Å². The molecule has 0 aliphatic heterocycles. The molecule has 0 atom stereocenters. The molecule has 0 aliphatic rings. The normalized spacial score (nSPS) is 10.0. The van der Waals surface area contributed by atoms with Crippen LogP contribution in [0.25, 0.3) is 0 Å². The second-order valence-electron chi connectivity index (χ2n) is 1.95. The summed E-state index contributed by atoms with van der Waals surface area (Å²) in [4.78, 5) is 11.1. The SMILES string of the molecule is CSc1nnc(C)c(=O)n1N. The molecule has 0 radical (unpaired) electrons. The molecule has 0 saturated carbocycles. The largest absolute Gasteiger partial charge is 0.334 e. The fraction of sp³-hybridized carbons (Fsp3) is 0.400. The molecule has 6 heteroatoms. The fourth-order valence-electron chi connectivity index (χ4n) is 0.609. The molecule has 0 saturated heterocycles. The maximum absolute atomic E-state index is 11.1. The smallest absolute Gasteiger partial charge is 0.294 e. The first-order chi connectivity index (χ1) is 5.16. The Bertz CT molecular complexity index is 321. The second kappa shape index (κ2) is 2.91. The molecule has 0 amide bonds. The van der Waals surface area contributed by atoms with Gasteiger partial charge in [-0.05, 0) is 13.2 Å². The topological polar surface area (TPSA) is 73.8 Å². The highest BCUT2D eigenvalue weighted by Crippen LogP contribution is 2.03. The minimum absolute atomic E-state index is 0.302. The molecule has 5 nitrogen and oxygen atoms in total. The molecular formula is C5H8N4OS. The van der Waals surface area contributed by atoms with E-state index in [1.54, 1.807) is 13.2 Å². The lowest BCUT2D eigenvalue weighted by Gasteiger charge is -2.01. The number of nitrogen functional groups attached to an aromatic ring is 1. The van der Waals surface area contributed by atoms with Crippen LogP contribution in [0.15, 0.2) is 9.95 Å². The van der Waals surface area contributed by atoms with E-state index in [1.807, 2.05) is 0 Å². The van der Waals surface area contributed by atoms with E-state index >= 15 is 0 Å². The molecule has 0 aliphatic carbocycles. The summed E-state index contributed by atoms with van der Waals surface area (Å²) in [7, 11) is 0. The molecule has 1 heterocycles. The molecule has 60 valence electrons. The van der Waals surface area contributed by atoms with E-state index in [1.165, 1.54) is 11.8 Å². The van der Waals surface area contributed by atoms with Gasteiger partial charge in [-0.3, -0.25) is 4.79 Å². The number of hydrogen-bond acceptors (Lipinski definition) is 5. The van der Waals surface area contributed by atoms with Gasteiger partial charge in [-0.2, -0.15) is 4.68 Å². The van der Waals surface area contributed by atoms with Gasteiger partial charge in [0.15, 0.2) is 0 Å². The highest BCUT2D eigenvalue weighted by molar-refractivity contribution is 7.98. The molecule has 0 aromatic carbocycles. The van der Waals surface area contributed by atoms with Gasteiger partial charge < -0.3 is 5.84 Å². The van der Waals surface area contributed by atoms with Crippen molar-refractivity contribution in [1.82, 2.24) is 14.9 Å². The van der Waals surface area contributed by atoms with E-state index in [2.05, 4.69) is 10.2 Å². The summed E-state index contributed by atoms with van der Waals surface area (Å²) >= 11 is 1.28. The molecule has 11 heavy (non-hydrogen) atoms. The Labute approximate surface area is 67.6 Å². The van der Waals surface area contributed by atoms with Gasteiger partial charge in [0.2, 0.25) is 5.16 Å². The Morgan fingerprint density at radius 2 is 2.18 bits per heavy atom. The molecule has 1 rings (SSSR count). The van der Waals surface area contributed by atoms with Crippen LogP contribution in [0.4, 0.5) is 0 Å². The summed E-state index contributed by atoms with van der Waals surface area (Å²) in [5.74, 6) is 5.37. The van der Waals surface area contributed by atoms with Crippen molar-refractivity contribution in [2.45, 2.75) is 12.1 Å². The number of nitrogens with two attached hydrogens (primary N) is 1. The van der Waals surface area contributed by atoms with Gasteiger partial charge in [0.1, 0.15) is 5.69 Å². The zero-order chi connectivity index (χ0) is 8.43. The van der Waals surface area contributed by atoms with E-state index in [4.69, 9.17) is 5.84 Å². The average molecular weight is 172 g/mol. The fourth-order valence-corrected chi connectivity index (χ4v) is 1.01. The van der Waals surface area contributed by atoms with E-state index in [0.717, 1.165) is 4.68 Å². The molecule has 0 spiro atoms. The highest BCUT2D eigenvalue weighted by Gasteiger charge is 2.03. The van der Waals surface area contributed by atoms with Crippen LogP contribution in [0.1, 0.15) is 5.69 Å². The first kappa shape index (κ1) is 8.06. The number of thioether (sulfide) groups is 1. The minimum atomic E-state index is -0.302. The van der Waals surface area contributed by atoms with Gasteiger partial charge in [0.25, 0.3) is 5.56 Å². The Hall–Kier alpha value is -1.04. The standard InChI is InChI=1S/C5H8N4OS/c1-3-4(10)9(6)5(11-2)8-7-3/h6H2,1-2H3. The highest BCUT2D eigenvalue weighted by atomic mass is 32.2. The third-order valence-corrected chi connectivity index (χ3v) is 1.85. The zero-order valence-electron chi connectivity index (χ0n) is 6.24. The van der Waals surface area contributed by atoms with Gasteiger partial charge in [-0.15, -0.1) is 10.2 Å². The minimum Gasteiger partial charge on any atom is -0.334 e.